The topological polar surface area (TPSA) is 34.1 Å². The van der Waals surface area contributed by atoms with Crippen LogP contribution in [-0.2, 0) is 11.3 Å². The fourth-order valence-corrected chi connectivity index (χ4v) is 1.47. The molecule has 2 rings (SSSR count). The predicted molar refractivity (Wildman–Crippen MR) is 50.3 cm³/mol. The third-order valence-corrected chi connectivity index (χ3v) is 2.22. The molecule has 0 aliphatic carbocycles. The lowest BCUT2D eigenvalue weighted by atomic mass is 10.3. The summed E-state index contributed by atoms with van der Waals surface area (Å²) in [6.45, 7) is 2.75. The Morgan fingerprint density at radius 1 is 1.62 bits per heavy atom. The summed E-state index contributed by atoms with van der Waals surface area (Å²) >= 11 is 0. The van der Waals surface area contributed by atoms with E-state index in [-0.39, 0.29) is 0 Å². The third kappa shape index (κ3) is 2.50. The maximum Gasteiger partial charge on any atom is 0.0736 e. The Morgan fingerprint density at radius 2 is 2.62 bits per heavy atom. The van der Waals surface area contributed by atoms with Crippen LogP contribution in [0.3, 0.4) is 0 Å². The number of rotatable bonds is 3. The average molecular weight is 178 g/mol. The van der Waals surface area contributed by atoms with Crippen LogP contribution in [0.1, 0.15) is 12.0 Å². The molecule has 1 unspecified atom stereocenters. The van der Waals surface area contributed by atoms with Crippen molar-refractivity contribution < 1.29 is 4.74 Å². The van der Waals surface area contributed by atoms with Crippen LogP contribution in [0.5, 0.6) is 0 Å². The van der Waals surface area contributed by atoms with Crippen molar-refractivity contribution in [3.63, 3.8) is 0 Å². The Kier molecular flexibility index (Phi) is 2.90. The molecule has 1 N–H and O–H groups in total. The van der Waals surface area contributed by atoms with Crippen LogP contribution in [0, 0.1) is 0 Å². The van der Waals surface area contributed by atoms with E-state index in [1.54, 1.807) is 6.20 Å². The molecule has 0 bridgehead atoms. The molecule has 2 heterocycles. The quantitative estimate of drug-likeness (QED) is 0.748. The first-order chi connectivity index (χ1) is 6.45. The van der Waals surface area contributed by atoms with Crippen molar-refractivity contribution in [3.8, 4) is 0 Å². The van der Waals surface area contributed by atoms with Gasteiger partial charge in [-0.3, -0.25) is 4.98 Å². The van der Waals surface area contributed by atoms with Crippen molar-refractivity contribution in [1.29, 1.82) is 0 Å². The summed E-state index contributed by atoms with van der Waals surface area (Å²) in [6.07, 6.45) is 5.14. The smallest absolute Gasteiger partial charge is 0.0736 e. The minimum Gasteiger partial charge on any atom is -0.372 e. The van der Waals surface area contributed by atoms with Gasteiger partial charge in [0.1, 0.15) is 0 Å². The summed E-state index contributed by atoms with van der Waals surface area (Å²) < 4.78 is 5.69. The molecule has 1 saturated heterocycles. The molecule has 1 aliphatic heterocycles. The van der Waals surface area contributed by atoms with Crippen LogP contribution in [0.2, 0.25) is 0 Å². The molecule has 1 aliphatic rings. The molecule has 1 aromatic rings. The van der Waals surface area contributed by atoms with E-state index in [4.69, 9.17) is 4.74 Å². The molecule has 0 saturated carbocycles. The Hall–Kier alpha value is -0.930. The van der Waals surface area contributed by atoms with Crippen molar-refractivity contribution in [2.75, 3.05) is 13.1 Å². The van der Waals surface area contributed by atoms with Crippen LogP contribution in [-0.4, -0.2) is 24.2 Å². The summed E-state index contributed by atoms with van der Waals surface area (Å²) in [4.78, 5) is 4.03. The predicted octanol–water partition coefficient (Wildman–Crippen LogP) is 0.960. The van der Waals surface area contributed by atoms with Crippen molar-refractivity contribution >= 4 is 0 Å². The normalized spacial score (nSPS) is 22.0. The van der Waals surface area contributed by atoms with Gasteiger partial charge in [-0.05, 0) is 24.6 Å². The molecule has 70 valence electrons. The van der Waals surface area contributed by atoms with Gasteiger partial charge in [0.2, 0.25) is 0 Å². The summed E-state index contributed by atoms with van der Waals surface area (Å²) in [7, 11) is 0. The Morgan fingerprint density at radius 3 is 3.31 bits per heavy atom. The standard InChI is InChI=1S/C10H14N2O/c1-2-9(6-11-4-1)8-13-10-3-5-12-7-10/h1-2,4,6,10,12H,3,5,7-8H2. The SMILES string of the molecule is c1cncc(COC2CCNC2)c1. The highest BCUT2D eigenvalue weighted by atomic mass is 16.5. The number of pyridine rings is 1. The highest BCUT2D eigenvalue weighted by Gasteiger charge is 2.14. The molecule has 1 aromatic heterocycles. The van der Waals surface area contributed by atoms with Gasteiger partial charge < -0.3 is 10.1 Å². The zero-order valence-corrected chi connectivity index (χ0v) is 7.57. The van der Waals surface area contributed by atoms with Gasteiger partial charge in [0.15, 0.2) is 0 Å². The lowest BCUT2D eigenvalue weighted by Crippen LogP contribution is -2.16. The molecule has 0 spiro atoms. The van der Waals surface area contributed by atoms with Gasteiger partial charge in [0.25, 0.3) is 0 Å². The van der Waals surface area contributed by atoms with E-state index in [2.05, 4.69) is 10.3 Å². The van der Waals surface area contributed by atoms with E-state index in [0.717, 1.165) is 25.1 Å². The van der Waals surface area contributed by atoms with Crippen LogP contribution >= 0.6 is 0 Å². The monoisotopic (exact) mass is 178 g/mol. The second-order valence-corrected chi connectivity index (χ2v) is 3.29. The number of nitrogens with zero attached hydrogens (tertiary/aromatic N) is 1. The number of ether oxygens (including phenoxy) is 1. The number of hydrogen-bond donors (Lipinski definition) is 1. The number of hydrogen-bond acceptors (Lipinski definition) is 3. The maximum absolute atomic E-state index is 5.69. The molecule has 0 amide bonds. The van der Waals surface area contributed by atoms with Gasteiger partial charge in [0.05, 0.1) is 12.7 Å². The van der Waals surface area contributed by atoms with E-state index < -0.39 is 0 Å². The van der Waals surface area contributed by atoms with Gasteiger partial charge >= 0.3 is 0 Å². The van der Waals surface area contributed by atoms with E-state index >= 15 is 0 Å². The first-order valence-corrected chi connectivity index (χ1v) is 4.66. The first kappa shape index (κ1) is 8.66. The fourth-order valence-electron chi connectivity index (χ4n) is 1.47. The molecular formula is C10H14N2O. The molecule has 0 aromatic carbocycles. The van der Waals surface area contributed by atoms with Crippen LogP contribution in [0.15, 0.2) is 24.5 Å². The molecule has 3 heteroatoms. The third-order valence-electron chi connectivity index (χ3n) is 2.22. The molecular weight excluding hydrogens is 164 g/mol. The summed E-state index contributed by atoms with van der Waals surface area (Å²) in [5.41, 5.74) is 1.15. The minimum atomic E-state index is 0.389. The van der Waals surface area contributed by atoms with Crippen molar-refractivity contribution in [1.82, 2.24) is 10.3 Å². The van der Waals surface area contributed by atoms with E-state index in [1.807, 2.05) is 18.3 Å². The van der Waals surface area contributed by atoms with Gasteiger partial charge in [-0.15, -0.1) is 0 Å². The van der Waals surface area contributed by atoms with Crippen LogP contribution < -0.4 is 5.32 Å². The van der Waals surface area contributed by atoms with E-state index in [0.29, 0.717) is 12.7 Å². The molecule has 3 nitrogen and oxygen atoms in total. The zero-order valence-electron chi connectivity index (χ0n) is 7.57. The Labute approximate surface area is 78.1 Å². The Bertz CT molecular complexity index is 244. The minimum absolute atomic E-state index is 0.389. The van der Waals surface area contributed by atoms with Crippen molar-refractivity contribution in [3.05, 3.63) is 30.1 Å². The number of nitrogens with one attached hydrogen (secondary N) is 1. The highest BCUT2D eigenvalue weighted by Crippen LogP contribution is 2.07. The highest BCUT2D eigenvalue weighted by molar-refractivity contribution is 5.06. The number of aromatic nitrogens is 1. The van der Waals surface area contributed by atoms with Gasteiger partial charge in [-0.25, -0.2) is 0 Å². The Balaban J connectivity index is 1.79. The summed E-state index contributed by atoms with van der Waals surface area (Å²) in [6, 6.07) is 3.97. The lowest BCUT2D eigenvalue weighted by Gasteiger charge is -2.09. The molecule has 1 fully saturated rings. The van der Waals surface area contributed by atoms with Crippen molar-refractivity contribution in [2.45, 2.75) is 19.1 Å². The lowest BCUT2D eigenvalue weighted by molar-refractivity contribution is 0.0541. The van der Waals surface area contributed by atoms with Crippen LogP contribution in [0.4, 0.5) is 0 Å². The largest absolute Gasteiger partial charge is 0.372 e. The van der Waals surface area contributed by atoms with Gasteiger partial charge in [-0.1, -0.05) is 6.07 Å². The molecule has 1 atom stereocenters. The van der Waals surface area contributed by atoms with Gasteiger partial charge in [-0.2, -0.15) is 0 Å². The molecule has 0 radical (unpaired) electrons. The van der Waals surface area contributed by atoms with E-state index in [1.165, 1.54) is 0 Å². The second-order valence-electron chi connectivity index (χ2n) is 3.29. The molecule has 13 heavy (non-hydrogen) atoms. The first-order valence-electron chi connectivity index (χ1n) is 4.66. The fraction of sp³-hybridized carbons (Fsp3) is 0.500. The van der Waals surface area contributed by atoms with Crippen molar-refractivity contribution in [2.24, 2.45) is 0 Å². The second kappa shape index (κ2) is 4.35. The zero-order chi connectivity index (χ0) is 8.93. The average Bonchev–Trinajstić information content (AvgIpc) is 2.69. The van der Waals surface area contributed by atoms with Gasteiger partial charge in [0, 0.05) is 18.9 Å². The van der Waals surface area contributed by atoms with Crippen LogP contribution in [0.25, 0.3) is 0 Å². The van der Waals surface area contributed by atoms with E-state index in [9.17, 15) is 0 Å². The summed E-state index contributed by atoms with van der Waals surface area (Å²) in [5.74, 6) is 0. The maximum atomic E-state index is 5.69. The summed E-state index contributed by atoms with van der Waals surface area (Å²) in [5, 5.41) is 3.27.